The first-order valence-corrected chi connectivity index (χ1v) is 11.3. The lowest BCUT2D eigenvalue weighted by atomic mass is 9.94. The topological polar surface area (TPSA) is 89.2 Å². The van der Waals surface area contributed by atoms with Crippen LogP contribution in [0.1, 0.15) is 42.3 Å². The van der Waals surface area contributed by atoms with Crippen LogP contribution in [0.25, 0.3) is 5.76 Å². The van der Waals surface area contributed by atoms with Crippen molar-refractivity contribution >= 4 is 17.4 Å². The van der Waals surface area contributed by atoms with E-state index in [4.69, 9.17) is 13.9 Å². The summed E-state index contributed by atoms with van der Waals surface area (Å²) in [6.45, 7) is 4.43. The molecule has 3 heterocycles. The van der Waals surface area contributed by atoms with Crippen LogP contribution < -0.4 is 9.47 Å². The Bertz CT molecular complexity index is 1280. The first-order valence-electron chi connectivity index (χ1n) is 11.3. The number of benzene rings is 2. The second-order valence-corrected chi connectivity index (χ2v) is 8.47. The van der Waals surface area contributed by atoms with Crippen molar-refractivity contribution in [3.8, 4) is 11.5 Å². The highest BCUT2D eigenvalue weighted by atomic mass is 16.5. The molecule has 0 spiro atoms. The lowest BCUT2D eigenvalue weighted by molar-refractivity contribution is -0.140. The molecule has 0 aliphatic carbocycles. The van der Waals surface area contributed by atoms with Crippen molar-refractivity contribution in [2.24, 2.45) is 0 Å². The van der Waals surface area contributed by atoms with E-state index in [1.807, 2.05) is 38.1 Å². The first kappa shape index (κ1) is 21.8. The number of ketones is 1. The molecule has 7 heteroatoms. The van der Waals surface area contributed by atoms with Crippen LogP contribution in [0.4, 0.5) is 0 Å². The van der Waals surface area contributed by atoms with Crippen LogP contribution in [-0.4, -0.2) is 34.4 Å². The maximum absolute atomic E-state index is 13.2. The maximum Gasteiger partial charge on any atom is 0.296 e. The molecule has 0 radical (unpaired) electrons. The zero-order chi connectivity index (χ0) is 23.8. The lowest BCUT2D eigenvalue weighted by Crippen LogP contribution is -2.29. The summed E-state index contributed by atoms with van der Waals surface area (Å²) in [4.78, 5) is 27.8. The minimum absolute atomic E-state index is 0.0390. The summed E-state index contributed by atoms with van der Waals surface area (Å²) < 4.78 is 16.8. The quantitative estimate of drug-likeness (QED) is 0.329. The van der Waals surface area contributed by atoms with E-state index >= 15 is 0 Å². The summed E-state index contributed by atoms with van der Waals surface area (Å²) in [5.74, 6) is 0.283. The molecular formula is C27H25NO6. The molecule has 5 rings (SSSR count). The summed E-state index contributed by atoms with van der Waals surface area (Å²) >= 11 is 0. The number of ether oxygens (including phenoxy) is 2. The number of likely N-dealkylation sites (tertiary alicyclic amines) is 1. The van der Waals surface area contributed by atoms with Crippen LogP contribution >= 0.6 is 0 Å². The van der Waals surface area contributed by atoms with Crippen molar-refractivity contribution < 1.29 is 28.6 Å². The Labute approximate surface area is 197 Å². The smallest absolute Gasteiger partial charge is 0.296 e. The van der Waals surface area contributed by atoms with E-state index in [2.05, 4.69) is 0 Å². The average molecular weight is 459 g/mol. The van der Waals surface area contributed by atoms with Gasteiger partial charge in [0.25, 0.3) is 11.7 Å². The predicted octanol–water partition coefficient (Wildman–Crippen LogP) is 4.62. The van der Waals surface area contributed by atoms with E-state index in [9.17, 15) is 14.7 Å². The van der Waals surface area contributed by atoms with Gasteiger partial charge in [-0.15, -0.1) is 0 Å². The third kappa shape index (κ3) is 3.83. The van der Waals surface area contributed by atoms with Crippen molar-refractivity contribution in [1.82, 2.24) is 4.90 Å². The number of hydrogen-bond donors (Lipinski definition) is 1. The molecule has 1 N–H and O–H groups in total. The van der Waals surface area contributed by atoms with Crippen LogP contribution in [0, 0.1) is 0 Å². The lowest BCUT2D eigenvalue weighted by Gasteiger charge is -2.25. The summed E-state index contributed by atoms with van der Waals surface area (Å²) in [5, 5.41) is 11.3. The fourth-order valence-corrected chi connectivity index (χ4v) is 4.63. The second kappa shape index (κ2) is 8.74. The molecule has 1 fully saturated rings. The Kier molecular flexibility index (Phi) is 5.61. The molecule has 174 valence electrons. The van der Waals surface area contributed by atoms with Crippen LogP contribution in [0.15, 0.2) is 70.9 Å². The van der Waals surface area contributed by atoms with Crippen LogP contribution in [0.5, 0.6) is 11.5 Å². The number of carbonyl (C=O) groups excluding carboxylic acids is 2. The highest BCUT2D eigenvalue weighted by molar-refractivity contribution is 6.46. The van der Waals surface area contributed by atoms with Gasteiger partial charge >= 0.3 is 0 Å². The molecule has 2 aliphatic heterocycles. The number of Topliss-reactive ketones (excluding diaryl/α,β-unsaturated/α-hetero) is 1. The van der Waals surface area contributed by atoms with Crippen molar-refractivity contribution in [3.05, 3.63) is 88.9 Å². The zero-order valence-electron chi connectivity index (χ0n) is 19.0. The molecule has 7 nitrogen and oxygen atoms in total. The Morgan fingerprint density at radius 1 is 1.15 bits per heavy atom. The molecule has 2 atom stereocenters. The molecule has 1 saturated heterocycles. The van der Waals surface area contributed by atoms with Gasteiger partial charge in [-0.1, -0.05) is 12.1 Å². The van der Waals surface area contributed by atoms with Crippen molar-refractivity contribution in [3.63, 3.8) is 0 Å². The van der Waals surface area contributed by atoms with E-state index in [0.717, 1.165) is 11.3 Å². The fraction of sp³-hybridized carbons (Fsp3) is 0.259. The van der Waals surface area contributed by atoms with Gasteiger partial charge in [0, 0.05) is 12.0 Å². The molecular weight excluding hydrogens is 434 g/mol. The van der Waals surface area contributed by atoms with Crippen molar-refractivity contribution in [2.75, 3.05) is 6.61 Å². The van der Waals surface area contributed by atoms with Crippen LogP contribution in [-0.2, 0) is 22.6 Å². The third-order valence-corrected chi connectivity index (χ3v) is 6.10. The monoisotopic (exact) mass is 459 g/mol. The number of amides is 1. The third-order valence-electron chi connectivity index (χ3n) is 6.10. The van der Waals surface area contributed by atoms with E-state index in [0.29, 0.717) is 35.7 Å². The number of furan rings is 1. The molecule has 0 bridgehead atoms. The summed E-state index contributed by atoms with van der Waals surface area (Å²) in [7, 11) is 0. The van der Waals surface area contributed by atoms with Crippen molar-refractivity contribution in [1.29, 1.82) is 0 Å². The standard InChI is InChI=1S/C27H25NO6/c1-3-32-20-7-4-6-17(14-20)24-23(26(30)27(31)28(24)15-21-8-5-11-33-21)25(29)18-9-10-22-19(13-18)12-16(2)34-22/h4-11,13-14,16,24,29H,3,12,15H2,1-2H3/t16-,24-/m0/s1. The number of hydrogen-bond acceptors (Lipinski definition) is 6. The predicted molar refractivity (Wildman–Crippen MR) is 124 cm³/mol. The SMILES string of the molecule is CCOc1cccc([C@H]2C(=C(O)c3ccc4c(c3)C[C@H](C)O4)C(=O)C(=O)N2Cc2ccco2)c1. The Hall–Kier alpha value is -4.00. The molecule has 2 aromatic carbocycles. The minimum atomic E-state index is -0.797. The molecule has 3 aromatic rings. The number of rotatable bonds is 6. The van der Waals surface area contributed by atoms with Gasteiger partial charge in [0.2, 0.25) is 0 Å². The average Bonchev–Trinajstić information content (AvgIpc) is 3.53. The normalized spacial score (nSPS) is 20.9. The Morgan fingerprint density at radius 2 is 2.00 bits per heavy atom. The van der Waals surface area contributed by atoms with Gasteiger partial charge in [-0.05, 0) is 67.4 Å². The van der Waals surface area contributed by atoms with E-state index in [1.54, 1.807) is 30.3 Å². The number of fused-ring (bicyclic) bond motifs is 1. The molecule has 2 aliphatic rings. The number of carbonyl (C=O) groups is 2. The highest BCUT2D eigenvalue weighted by Crippen LogP contribution is 2.42. The summed E-state index contributed by atoms with van der Waals surface area (Å²) in [6.07, 6.45) is 2.28. The second-order valence-electron chi connectivity index (χ2n) is 8.47. The van der Waals surface area contributed by atoms with Crippen LogP contribution in [0.3, 0.4) is 0 Å². The molecule has 1 aromatic heterocycles. The molecule has 0 unspecified atom stereocenters. The highest BCUT2D eigenvalue weighted by Gasteiger charge is 2.46. The van der Waals surface area contributed by atoms with Gasteiger partial charge in [-0.2, -0.15) is 0 Å². The fourth-order valence-electron chi connectivity index (χ4n) is 4.63. The van der Waals surface area contributed by atoms with Gasteiger partial charge in [-0.25, -0.2) is 0 Å². The van der Waals surface area contributed by atoms with E-state index < -0.39 is 17.7 Å². The summed E-state index contributed by atoms with van der Waals surface area (Å²) in [5.41, 5.74) is 2.13. The van der Waals surface area contributed by atoms with Gasteiger partial charge in [0.15, 0.2) is 0 Å². The Balaban J connectivity index is 1.63. The van der Waals surface area contributed by atoms with Crippen LogP contribution in [0.2, 0.25) is 0 Å². The van der Waals surface area contributed by atoms with E-state index in [1.165, 1.54) is 11.2 Å². The van der Waals surface area contributed by atoms with Gasteiger partial charge < -0.3 is 23.9 Å². The van der Waals surface area contributed by atoms with Crippen molar-refractivity contribution in [2.45, 2.75) is 39.0 Å². The molecule has 0 saturated carbocycles. The van der Waals surface area contributed by atoms with Gasteiger partial charge in [0.1, 0.15) is 29.1 Å². The largest absolute Gasteiger partial charge is 0.507 e. The molecule has 34 heavy (non-hydrogen) atoms. The number of aliphatic hydroxyl groups is 1. The number of nitrogens with zero attached hydrogens (tertiary/aromatic N) is 1. The summed E-state index contributed by atoms with van der Waals surface area (Å²) in [6, 6.07) is 15.2. The van der Waals surface area contributed by atoms with E-state index in [-0.39, 0.29) is 24.0 Å². The Morgan fingerprint density at radius 3 is 2.76 bits per heavy atom. The van der Waals surface area contributed by atoms with Gasteiger partial charge in [-0.3, -0.25) is 9.59 Å². The first-order chi connectivity index (χ1) is 16.5. The van der Waals surface area contributed by atoms with Gasteiger partial charge in [0.05, 0.1) is 31.0 Å². The maximum atomic E-state index is 13.2. The zero-order valence-corrected chi connectivity index (χ0v) is 19.0. The molecule has 1 amide bonds. The minimum Gasteiger partial charge on any atom is -0.507 e. The number of aliphatic hydroxyl groups excluding tert-OH is 1.